The van der Waals surface area contributed by atoms with Crippen LogP contribution in [0, 0.1) is 5.21 Å². The number of hydrogen-bond donors (Lipinski definition) is 2. The number of esters is 1. The highest BCUT2D eigenvalue weighted by atomic mass is 16.9. The zero-order valence-corrected chi connectivity index (χ0v) is 13.6. The van der Waals surface area contributed by atoms with Gasteiger partial charge in [0.25, 0.3) is 0 Å². The number of rotatable bonds is 4. The second-order valence-corrected chi connectivity index (χ2v) is 6.31. The molecule has 9 nitrogen and oxygen atoms in total. The first kappa shape index (κ1) is 17.4. The summed E-state index contributed by atoms with van der Waals surface area (Å²) < 4.78 is 16.3. The lowest BCUT2D eigenvalue weighted by Crippen LogP contribution is -2.48. The van der Waals surface area contributed by atoms with Crippen molar-refractivity contribution in [3.05, 3.63) is 5.21 Å². The standard InChI is InChI=1S/C15H23NO8/c1-2-21-14(19)10-12(18)13(24-16(10)20)11(17)9-8-22-15(23-9)6-4-3-5-7-15/h9,11-13,17-18H,2-8H2,1H3/t9-,11+,12-,13+/m1/s1. The summed E-state index contributed by atoms with van der Waals surface area (Å²) in [5, 5.41) is 32.4. The molecule has 3 rings (SSSR count). The monoisotopic (exact) mass is 345 g/mol. The third-order valence-electron chi connectivity index (χ3n) is 4.70. The number of ether oxygens (including phenoxy) is 3. The molecule has 1 spiro atoms. The van der Waals surface area contributed by atoms with E-state index >= 15 is 0 Å². The highest BCUT2D eigenvalue weighted by Gasteiger charge is 2.52. The summed E-state index contributed by atoms with van der Waals surface area (Å²) in [6.45, 7) is 1.77. The van der Waals surface area contributed by atoms with Crippen LogP contribution in [0.25, 0.3) is 0 Å². The van der Waals surface area contributed by atoms with Crippen LogP contribution in [0.4, 0.5) is 0 Å². The van der Waals surface area contributed by atoms with Crippen molar-refractivity contribution in [3.63, 3.8) is 0 Å². The summed E-state index contributed by atoms with van der Waals surface area (Å²) in [5.41, 5.74) is -0.577. The van der Waals surface area contributed by atoms with E-state index in [0.29, 0.717) is 0 Å². The van der Waals surface area contributed by atoms with Crippen LogP contribution in [0.2, 0.25) is 0 Å². The maximum absolute atomic E-state index is 11.7. The summed E-state index contributed by atoms with van der Waals surface area (Å²) in [7, 11) is 0. The first-order valence-corrected chi connectivity index (χ1v) is 8.33. The third kappa shape index (κ3) is 3.08. The summed E-state index contributed by atoms with van der Waals surface area (Å²) in [4.78, 5) is 16.5. The van der Waals surface area contributed by atoms with E-state index in [1.54, 1.807) is 6.92 Å². The van der Waals surface area contributed by atoms with Gasteiger partial charge in [-0.1, -0.05) is 6.42 Å². The predicted octanol–water partition coefficient (Wildman–Crippen LogP) is -0.388. The number of aliphatic hydroxyl groups is 2. The molecule has 0 bridgehead atoms. The van der Waals surface area contributed by atoms with Gasteiger partial charge < -0.3 is 29.3 Å². The van der Waals surface area contributed by atoms with Gasteiger partial charge in [0.1, 0.15) is 18.3 Å². The molecule has 1 saturated heterocycles. The topological polar surface area (TPSA) is 121 Å². The van der Waals surface area contributed by atoms with E-state index in [-0.39, 0.29) is 18.1 Å². The Morgan fingerprint density at radius 3 is 2.83 bits per heavy atom. The lowest BCUT2D eigenvalue weighted by atomic mass is 9.94. The zero-order chi connectivity index (χ0) is 17.3. The molecular weight excluding hydrogens is 322 g/mol. The van der Waals surface area contributed by atoms with Gasteiger partial charge in [-0.3, -0.25) is 5.21 Å². The van der Waals surface area contributed by atoms with Crippen molar-refractivity contribution in [1.82, 2.24) is 0 Å². The van der Waals surface area contributed by atoms with E-state index in [1.165, 1.54) is 0 Å². The quantitative estimate of drug-likeness (QED) is 0.522. The number of nitrogens with zero attached hydrogens (tertiary/aromatic N) is 1. The minimum absolute atomic E-state index is 0.0538. The normalized spacial score (nSPS) is 33.5. The van der Waals surface area contributed by atoms with Gasteiger partial charge in [-0.15, -0.1) is 0 Å². The Bertz CT molecular complexity index is 516. The molecule has 0 aromatic rings. The van der Waals surface area contributed by atoms with Gasteiger partial charge in [0.15, 0.2) is 11.9 Å². The minimum Gasteiger partial charge on any atom is -0.458 e. The van der Waals surface area contributed by atoms with Crippen molar-refractivity contribution >= 4 is 11.7 Å². The van der Waals surface area contributed by atoms with Gasteiger partial charge in [-0.25, -0.2) is 4.79 Å². The molecule has 3 aliphatic rings. The fourth-order valence-electron chi connectivity index (χ4n) is 3.45. The smallest absolute Gasteiger partial charge is 0.408 e. The average Bonchev–Trinajstić information content (AvgIpc) is 3.09. The summed E-state index contributed by atoms with van der Waals surface area (Å²) in [6.07, 6.45) is -0.369. The van der Waals surface area contributed by atoms with Crippen molar-refractivity contribution in [1.29, 1.82) is 0 Å². The summed E-state index contributed by atoms with van der Waals surface area (Å²) in [6, 6.07) is 0. The van der Waals surface area contributed by atoms with Gasteiger partial charge >= 0.3 is 11.7 Å². The maximum atomic E-state index is 11.7. The molecule has 4 atom stereocenters. The molecule has 9 heteroatoms. The molecule has 0 radical (unpaired) electrons. The molecule has 0 aromatic carbocycles. The predicted molar refractivity (Wildman–Crippen MR) is 78.8 cm³/mol. The first-order chi connectivity index (χ1) is 11.5. The van der Waals surface area contributed by atoms with Gasteiger partial charge in [0, 0.05) is 12.8 Å². The Hall–Kier alpha value is -1.42. The second-order valence-electron chi connectivity index (χ2n) is 6.31. The minimum atomic E-state index is -1.59. The van der Waals surface area contributed by atoms with Crippen LogP contribution in [0.15, 0.2) is 0 Å². The summed E-state index contributed by atoms with van der Waals surface area (Å²) >= 11 is 0. The largest absolute Gasteiger partial charge is 0.458 e. The van der Waals surface area contributed by atoms with Crippen molar-refractivity contribution in [2.24, 2.45) is 0 Å². The Kier molecular flexibility index (Phi) is 4.95. The molecule has 2 fully saturated rings. The molecule has 136 valence electrons. The average molecular weight is 345 g/mol. The molecule has 2 heterocycles. The zero-order valence-electron chi connectivity index (χ0n) is 13.6. The van der Waals surface area contributed by atoms with E-state index in [4.69, 9.17) is 19.0 Å². The molecule has 1 saturated carbocycles. The number of hydrogen-bond acceptors (Lipinski definition) is 8. The number of carbonyl (C=O) groups is 1. The van der Waals surface area contributed by atoms with E-state index in [0.717, 1.165) is 32.1 Å². The molecular formula is C15H23NO8. The fourth-order valence-corrected chi connectivity index (χ4v) is 3.45. The maximum Gasteiger partial charge on any atom is 0.408 e. The molecule has 0 unspecified atom stereocenters. The first-order valence-electron chi connectivity index (χ1n) is 8.33. The highest BCUT2D eigenvalue weighted by Crippen LogP contribution is 2.39. The molecule has 1 aliphatic carbocycles. The van der Waals surface area contributed by atoms with Crippen LogP contribution in [-0.2, 0) is 23.8 Å². The Morgan fingerprint density at radius 2 is 2.17 bits per heavy atom. The van der Waals surface area contributed by atoms with Gasteiger partial charge in [0.2, 0.25) is 0 Å². The van der Waals surface area contributed by atoms with Crippen molar-refractivity contribution in [2.75, 3.05) is 13.2 Å². The van der Waals surface area contributed by atoms with Crippen molar-refractivity contribution < 1.29 is 39.0 Å². The van der Waals surface area contributed by atoms with Crippen LogP contribution in [0.3, 0.4) is 0 Å². The molecule has 2 aliphatic heterocycles. The van der Waals surface area contributed by atoms with Gasteiger partial charge in [-0.2, -0.15) is 0 Å². The number of carbonyl (C=O) groups excluding carboxylic acids is 1. The SMILES string of the molecule is CCOC(=O)C1=[N+]([O-])O[C@@H]([C@@H](O)[C@H]2COC3(CCCCC3)O2)[C@@H]1O. The van der Waals surface area contributed by atoms with Crippen molar-refractivity contribution in [2.45, 2.75) is 69.2 Å². The van der Waals surface area contributed by atoms with Gasteiger partial charge in [0.05, 0.1) is 18.1 Å². The molecule has 2 N–H and O–H groups in total. The lowest BCUT2D eigenvalue weighted by molar-refractivity contribution is -0.742. The van der Waals surface area contributed by atoms with E-state index in [9.17, 15) is 20.2 Å². The number of aliphatic hydroxyl groups excluding tert-OH is 2. The molecule has 0 aromatic heterocycles. The van der Waals surface area contributed by atoms with Crippen LogP contribution >= 0.6 is 0 Å². The Labute approximate surface area is 139 Å². The highest BCUT2D eigenvalue weighted by molar-refractivity contribution is 6.36. The summed E-state index contributed by atoms with van der Waals surface area (Å²) in [5.74, 6) is -1.67. The third-order valence-corrected chi connectivity index (χ3v) is 4.70. The van der Waals surface area contributed by atoms with Crippen LogP contribution in [0.5, 0.6) is 0 Å². The fraction of sp³-hybridized carbons (Fsp3) is 0.867. The Balaban J connectivity index is 1.64. The van der Waals surface area contributed by atoms with E-state index < -0.39 is 41.9 Å². The lowest BCUT2D eigenvalue weighted by Gasteiger charge is -2.33. The molecule has 24 heavy (non-hydrogen) atoms. The van der Waals surface area contributed by atoms with E-state index in [1.807, 2.05) is 0 Å². The Morgan fingerprint density at radius 1 is 1.46 bits per heavy atom. The second kappa shape index (κ2) is 6.83. The van der Waals surface area contributed by atoms with Crippen LogP contribution in [-0.4, -0.2) is 70.2 Å². The van der Waals surface area contributed by atoms with Crippen molar-refractivity contribution in [3.8, 4) is 0 Å². The van der Waals surface area contributed by atoms with Gasteiger partial charge in [-0.05, 0) is 19.8 Å². The van der Waals surface area contributed by atoms with Crippen LogP contribution < -0.4 is 0 Å². The van der Waals surface area contributed by atoms with E-state index in [2.05, 4.69) is 0 Å². The molecule has 0 amide bonds. The van der Waals surface area contributed by atoms with Crippen LogP contribution in [0.1, 0.15) is 39.0 Å².